The average Bonchev–Trinajstić information content (AvgIpc) is 2.40. The van der Waals surface area contributed by atoms with Gasteiger partial charge in [0.2, 0.25) is 0 Å². The van der Waals surface area contributed by atoms with E-state index >= 15 is 0 Å². The van der Waals surface area contributed by atoms with Gasteiger partial charge in [0.25, 0.3) is 0 Å². The van der Waals surface area contributed by atoms with Crippen LogP contribution in [0.15, 0.2) is 58.8 Å². The number of nitriles is 1. The van der Waals surface area contributed by atoms with Crippen molar-refractivity contribution in [3.05, 3.63) is 48.5 Å². The molecule has 0 atom stereocenters. The summed E-state index contributed by atoms with van der Waals surface area (Å²) in [5, 5.41) is 25.8. The molecule has 88 valence electrons. The Morgan fingerprint density at radius 2 is 1.39 bits per heavy atom. The van der Waals surface area contributed by atoms with Crippen LogP contribution >= 0.6 is 0 Å². The first-order valence-electron chi connectivity index (χ1n) is 5.15. The van der Waals surface area contributed by atoms with Gasteiger partial charge < -0.3 is 0 Å². The van der Waals surface area contributed by atoms with Crippen LogP contribution in [0.4, 0.5) is 11.4 Å². The SMILES string of the molecule is N#C[Se]c1ccc(N=Nc2ccc(O)cc2)cc1. The molecule has 2 aromatic carbocycles. The fourth-order valence-corrected chi connectivity index (χ4v) is 2.06. The molecule has 4 nitrogen and oxygen atoms in total. The minimum atomic E-state index is -0.132. The summed E-state index contributed by atoms with van der Waals surface area (Å²) < 4.78 is 1.02. The summed E-state index contributed by atoms with van der Waals surface area (Å²) in [5.41, 5.74) is 1.42. The quantitative estimate of drug-likeness (QED) is 0.699. The van der Waals surface area contributed by atoms with E-state index in [2.05, 4.69) is 15.2 Å². The molecule has 1 N–H and O–H groups in total. The number of rotatable bonds is 3. The van der Waals surface area contributed by atoms with Crippen LogP contribution in [-0.4, -0.2) is 20.1 Å². The molecule has 0 saturated heterocycles. The van der Waals surface area contributed by atoms with E-state index in [9.17, 15) is 0 Å². The molecule has 0 aliphatic carbocycles. The summed E-state index contributed by atoms with van der Waals surface area (Å²) >= 11 is -0.132. The van der Waals surface area contributed by atoms with Crippen LogP contribution in [-0.2, 0) is 0 Å². The Morgan fingerprint density at radius 1 is 0.889 bits per heavy atom. The maximum absolute atomic E-state index is 9.13. The first kappa shape index (κ1) is 12.3. The van der Waals surface area contributed by atoms with Crippen LogP contribution in [0.1, 0.15) is 0 Å². The molecule has 0 aliphatic heterocycles. The summed E-state index contributed by atoms with van der Waals surface area (Å²) in [4.78, 5) is 2.15. The predicted octanol–water partition coefficient (Wildman–Crippen LogP) is 2.62. The van der Waals surface area contributed by atoms with Gasteiger partial charge in [-0.05, 0) is 0 Å². The topological polar surface area (TPSA) is 68.7 Å². The zero-order valence-corrected chi connectivity index (χ0v) is 11.0. The van der Waals surface area contributed by atoms with Gasteiger partial charge in [-0.15, -0.1) is 0 Å². The van der Waals surface area contributed by atoms with Crippen LogP contribution < -0.4 is 4.46 Å². The predicted molar refractivity (Wildman–Crippen MR) is 69.7 cm³/mol. The molecule has 0 saturated carbocycles. The van der Waals surface area contributed by atoms with E-state index < -0.39 is 0 Å². The van der Waals surface area contributed by atoms with Gasteiger partial charge in [0.1, 0.15) is 0 Å². The Kier molecular flexibility index (Phi) is 4.08. The van der Waals surface area contributed by atoms with Crippen LogP contribution in [0.5, 0.6) is 5.75 Å². The standard InChI is InChI=1S/C13H9N3OSe/c14-9-18-13-7-3-11(4-8-13)16-15-10-1-5-12(17)6-2-10/h1-8,17H. The van der Waals surface area contributed by atoms with E-state index in [1.807, 2.05) is 24.3 Å². The fraction of sp³-hybridized carbons (Fsp3) is 0. The summed E-state index contributed by atoms with van der Waals surface area (Å²) in [5.74, 6) is 0.206. The van der Waals surface area contributed by atoms with Crippen molar-refractivity contribution in [2.75, 3.05) is 0 Å². The van der Waals surface area contributed by atoms with Crippen LogP contribution in [0, 0.1) is 10.2 Å². The molecular formula is C13H9N3OSe. The number of nitrogens with zero attached hydrogens (tertiary/aromatic N) is 3. The number of aromatic hydroxyl groups is 1. The Balaban J connectivity index is 2.09. The van der Waals surface area contributed by atoms with Crippen LogP contribution in [0.2, 0.25) is 0 Å². The van der Waals surface area contributed by atoms with E-state index in [1.54, 1.807) is 24.3 Å². The molecule has 0 heterocycles. The van der Waals surface area contributed by atoms with E-state index in [0.29, 0.717) is 5.69 Å². The van der Waals surface area contributed by atoms with Gasteiger partial charge in [0.05, 0.1) is 0 Å². The Bertz CT molecular complexity index is 585. The van der Waals surface area contributed by atoms with E-state index in [4.69, 9.17) is 10.4 Å². The van der Waals surface area contributed by atoms with E-state index in [1.165, 1.54) is 0 Å². The third-order valence-electron chi connectivity index (χ3n) is 2.13. The Morgan fingerprint density at radius 3 is 1.89 bits per heavy atom. The molecule has 0 bridgehead atoms. The molecule has 0 amide bonds. The van der Waals surface area contributed by atoms with Crippen molar-refractivity contribution in [2.45, 2.75) is 0 Å². The number of azo groups is 1. The second kappa shape index (κ2) is 5.97. The number of hydrogen-bond donors (Lipinski definition) is 1. The van der Waals surface area contributed by atoms with Crippen molar-refractivity contribution >= 4 is 30.8 Å². The molecule has 2 rings (SSSR count). The summed E-state index contributed by atoms with van der Waals surface area (Å²) in [7, 11) is 0. The molecule has 0 fully saturated rings. The number of hydrogen-bond acceptors (Lipinski definition) is 4. The van der Waals surface area contributed by atoms with Gasteiger partial charge in [-0.25, -0.2) is 0 Å². The molecule has 0 spiro atoms. The zero-order valence-electron chi connectivity index (χ0n) is 9.32. The van der Waals surface area contributed by atoms with Gasteiger partial charge >= 0.3 is 111 Å². The van der Waals surface area contributed by atoms with Gasteiger partial charge in [-0.2, -0.15) is 0 Å². The molecule has 18 heavy (non-hydrogen) atoms. The monoisotopic (exact) mass is 303 g/mol. The van der Waals surface area contributed by atoms with E-state index in [-0.39, 0.29) is 20.7 Å². The van der Waals surface area contributed by atoms with Crippen molar-refractivity contribution < 1.29 is 5.11 Å². The van der Waals surface area contributed by atoms with Crippen molar-refractivity contribution in [3.63, 3.8) is 0 Å². The second-order valence-corrected chi connectivity index (χ2v) is 5.20. The van der Waals surface area contributed by atoms with Crippen LogP contribution in [0.3, 0.4) is 0 Å². The second-order valence-electron chi connectivity index (χ2n) is 3.40. The average molecular weight is 302 g/mol. The van der Waals surface area contributed by atoms with Gasteiger partial charge in [-0.1, -0.05) is 0 Å². The van der Waals surface area contributed by atoms with Crippen molar-refractivity contribution in [2.24, 2.45) is 10.2 Å². The summed E-state index contributed by atoms with van der Waals surface area (Å²) in [6.07, 6.45) is 0. The normalized spacial score (nSPS) is 10.4. The molecular weight excluding hydrogens is 293 g/mol. The molecule has 0 radical (unpaired) electrons. The Hall–Kier alpha value is -2.15. The van der Waals surface area contributed by atoms with Crippen molar-refractivity contribution in [3.8, 4) is 10.7 Å². The first-order valence-corrected chi connectivity index (χ1v) is 6.86. The van der Waals surface area contributed by atoms with Gasteiger partial charge in [0, 0.05) is 0 Å². The van der Waals surface area contributed by atoms with Crippen molar-refractivity contribution in [1.29, 1.82) is 5.26 Å². The third-order valence-corrected chi connectivity index (χ3v) is 3.39. The van der Waals surface area contributed by atoms with Gasteiger partial charge in [-0.3, -0.25) is 0 Å². The number of phenolic OH excluding ortho intramolecular Hbond substituents is 1. The molecule has 5 heteroatoms. The van der Waals surface area contributed by atoms with Crippen molar-refractivity contribution in [1.82, 2.24) is 0 Å². The number of benzene rings is 2. The first-order chi connectivity index (χ1) is 8.78. The van der Waals surface area contributed by atoms with Crippen LogP contribution in [0.25, 0.3) is 0 Å². The summed E-state index contributed by atoms with van der Waals surface area (Å²) in [6, 6.07) is 13.9. The van der Waals surface area contributed by atoms with Gasteiger partial charge in [0.15, 0.2) is 0 Å². The van der Waals surface area contributed by atoms with E-state index in [0.717, 1.165) is 10.1 Å². The summed E-state index contributed by atoms with van der Waals surface area (Å²) in [6.45, 7) is 0. The zero-order chi connectivity index (χ0) is 12.8. The molecule has 0 aromatic heterocycles. The maximum atomic E-state index is 9.13. The minimum absolute atomic E-state index is 0.132. The third kappa shape index (κ3) is 3.42. The number of phenols is 1. The molecule has 2 aromatic rings. The molecule has 0 aliphatic rings. The Labute approximate surface area is 111 Å². The fourth-order valence-electron chi connectivity index (χ4n) is 1.27. The molecule has 0 unspecified atom stereocenters.